The predicted molar refractivity (Wildman–Crippen MR) is 71.0 cm³/mol. The van der Waals surface area contributed by atoms with Gasteiger partial charge in [-0.15, -0.1) is 0 Å². The van der Waals surface area contributed by atoms with Crippen molar-refractivity contribution in [3.05, 3.63) is 69.5 Å². The fraction of sp³-hybridized carbons (Fsp3) is 0.133. The highest BCUT2D eigenvalue weighted by atomic mass is 35.5. The highest BCUT2D eigenvalue weighted by molar-refractivity contribution is 6.35. The molecular weight excluding hydrogens is 308 g/mol. The minimum absolute atomic E-state index is 0.0512. The number of alkyl halides is 3. The van der Waals surface area contributed by atoms with Crippen LogP contribution in [0.2, 0.25) is 5.02 Å². The second kappa shape index (κ2) is 5.48. The monoisotopic (exact) mass is 316 g/mol. The van der Waals surface area contributed by atoms with Crippen LogP contribution in [0.5, 0.6) is 0 Å². The Morgan fingerprint density at radius 1 is 1.10 bits per heavy atom. The fourth-order valence-electron chi connectivity index (χ4n) is 1.80. The van der Waals surface area contributed by atoms with E-state index in [9.17, 15) is 22.4 Å². The summed E-state index contributed by atoms with van der Waals surface area (Å²) in [5.41, 5.74) is -0.513. The van der Waals surface area contributed by atoms with Crippen molar-refractivity contribution >= 4 is 17.4 Å². The van der Waals surface area contributed by atoms with E-state index in [-0.39, 0.29) is 21.7 Å². The Bertz CT molecular complexity index is 690. The third kappa shape index (κ3) is 3.24. The molecule has 0 radical (unpaired) electrons. The van der Waals surface area contributed by atoms with Gasteiger partial charge in [-0.25, -0.2) is 4.39 Å². The Morgan fingerprint density at radius 2 is 1.67 bits per heavy atom. The molecule has 0 bridgehead atoms. The zero-order valence-electron chi connectivity index (χ0n) is 10.8. The quantitative estimate of drug-likeness (QED) is 0.560. The predicted octanol–water partition coefficient (Wildman–Crippen LogP) is 5.04. The lowest BCUT2D eigenvalue weighted by atomic mass is 10.00. The Balaban J connectivity index is 2.39. The van der Waals surface area contributed by atoms with Crippen molar-refractivity contribution in [1.29, 1.82) is 0 Å². The summed E-state index contributed by atoms with van der Waals surface area (Å²) in [6.07, 6.45) is -4.47. The van der Waals surface area contributed by atoms with E-state index in [1.165, 1.54) is 13.0 Å². The molecule has 0 heterocycles. The van der Waals surface area contributed by atoms with Gasteiger partial charge in [-0.3, -0.25) is 4.79 Å². The number of hydrogen-bond donors (Lipinski definition) is 0. The summed E-state index contributed by atoms with van der Waals surface area (Å²) in [6, 6.07) is 6.06. The van der Waals surface area contributed by atoms with Gasteiger partial charge in [-0.05, 0) is 36.8 Å². The summed E-state index contributed by atoms with van der Waals surface area (Å²) in [5, 5.41) is -0.0806. The van der Waals surface area contributed by atoms with Gasteiger partial charge in [0.2, 0.25) is 0 Å². The minimum atomic E-state index is -4.47. The van der Waals surface area contributed by atoms with Crippen molar-refractivity contribution in [3.8, 4) is 0 Å². The average Bonchev–Trinajstić information content (AvgIpc) is 2.41. The van der Waals surface area contributed by atoms with Crippen molar-refractivity contribution in [2.24, 2.45) is 0 Å². The van der Waals surface area contributed by atoms with Crippen LogP contribution in [0, 0.1) is 12.7 Å². The molecular formula is C15H9ClF4O. The number of ketones is 1. The van der Waals surface area contributed by atoms with E-state index in [4.69, 9.17) is 11.6 Å². The SMILES string of the molecule is Cc1cc(C(=O)c2ccc(C(F)(F)F)cc2)c(Cl)cc1F. The number of rotatable bonds is 2. The van der Waals surface area contributed by atoms with Gasteiger partial charge in [-0.1, -0.05) is 23.7 Å². The third-order valence-electron chi connectivity index (χ3n) is 2.97. The molecule has 0 aliphatic carbocycles. The topological polar surface area (TPSA) is 17.1 Å². The van der Waals surface area contributed by atoms with Crippen LogP contribution in [0.4, 0.5) is 17.6 Å². The van der Waals surface area contributed by atoms with Crippen molar-refractivity contribution in [1.82, 2.24) is 0 Å². The van der Waals surface area contributed by atoms with Crippen LogP contribution in [0.1, 0.15) is 27.0 Å². The second-order valence-electron chi connectivity index (χ2n) is 4.49. The van der Waals surface area contributed by atoms with Gasteiger partial charge in [0.25, 0.3) is 0 Å². The number of aryl methyl sites for hydroxylation is 1. The lowest BCUT2D eigenvalue weighted by Crippen LogP contribution is -2.07. The molecule has 0 atom stereocenters. The molecule has 0 aromatic heterocycles. The van der Waals surface area contributed by atoms with Crippen molar-refractivity contribution in [2.75, 3.05) is 0 Å². The van der Waals surface area contributed by atoms with Crippen LogP contribution in [0.3, 0.4) is 0 Å². The summed E-state index contributed by atoms with van der Waals surface area (Å²) in [6.45, 7) is 1.47. The van der Waals surface area contributed by atoms with Gasteiger partial charge >= 0.3 is 6.18 Å². The first-order valence-electron chi connectivity index (χ1n) is 5.88. The van der Waals surface area contributed by atoms with Crippen LogP contribution in [0.25, 0.3) is 0 Å². The molecule has 1 nitrogen and oxygen atoms in total. The lowest BCUT2D eigenvalue weighted by molar-refractivity contribution is -0.137. The molecule has 6 heteroatoms. The molecule has 21 heavy (non-hydrogen) atoms. The van der Waals surface area contributed by atoms with Crippen molar-refractivity contribution in [2.45, 2.75) is 13.1 Å². The summed E-state index contributed by atoms with van der Waals surface area (Å²) in [7, 11) is 0. The Hall–Kier alpha value is -1.88. The molecule has 0 unspecified atom stereocenters. The molecule has 2 rings (SSSR count). The molecule has 0 fully saturated rings. The Labute approximate surface area is 123 Å². The van der Waals surface area contributed by atoms with Crippen LogP contribution < -0.4 is 0 Å². The van der Waals surface area contributed by atoms with Gasteiger partial charge in [0.05, 0.1) is 10.6 Å². The zero-order chi connectivity index (χ0) is 15.8. The summed E-state index contributed by atoms with van der Waals surface area (Å²) >= 11 is 5.81. The lowest BCUT2D eigenvalue weighted by Gasteiger charge is -2.09. The maximum Gasteiger partial charge on any atom is 0.416 e. The average molecular weight is 317 g/mol. The zero-order valence-corrected chi connectivity index (χ0v) is 11.5. The fourth-order valence-corrected chi connectivity index (χ4v) is 2.03. The maximum absolute atomic E-state index is 13.3. The van der Waals surface area contributed by atoms with E-state index < -0.39 is 23.3 Å². The Morgan fingerprint density at radius 3 is 2.19 bits per heavy atom. The Kier molecular flexibility index (Phi) is 4.05. The molecule has 0 aliphatic heterocycles. The number of hydrogen-bond acceptors (Lipinski definition) is 1. The van der Waals surface area contributed by atoms with Crippen LogP contribution >= 0.6 is 11.6 Å². The van der Waals surface area contributed by atoms with Gasteiger partial charge in [0.1, 0.15) is 5.82 Å². The van der Waals surface area contributed by atoms with Crippen LogP contribution in [0.15, 0.2) is 36.4 Å². The molecule has 110 valence electrons. The normalized spacial score (nSPS) is 11.5. The van der Waals surface area contributed by atoms with Crippen molar-refractivity contribution < 1.29 is 22.4 Å². The van der Waals surface area contributed by atoms with Crippen LogP contribution in [-0.4, -0.2) is 5.78 Å². The van der Waals surface area contributed by atoms with Crippen molar-refractivity contribution in [3.63, 3.8) is 0 Å². The number of carbonyl (C=O) groups is 1. The first kappa shape index (κ1) is 15.5. The van der Waals surface area contributed by atoms with E-state index in [1.807, 2.05) is 0 Å². The van der Waals surface area contributed by atoms with Crippen LogP contribution in [-0.2, 0) is 6.18 Å². The number of benzene rings is 2. The molecule has 0 amide bonds. The van der Waals surface area contributed by atoms with E-state index in [2.05, 4.69) is 0 Å². The van der Waals surface area contributed by atoms with E-state index in [0.717, 1.165) is 30.3 Å². The van der Waals surface area contributed by atoms with Gasteiger partial charge in [0, 0.05) is 11.1 Å². The van der Waals surface area contributed by atoms with E-state index >= 15 is 0 Å². The number of halogens is 5. The first-order chi connectivity index (χ1) is 9.70. The smallest absolute Gasteiger partial charge is 0.289 e. The molecule has 2 aromatic carbocycles. The second-order valence-corrected chi connectivity index (χ2v) is 4.89. The molecule has 0 N–H and O–H groups in total. The van der Waals surface area contributed by atoms with E-state index in [0.29, 0.717) is 0 Å². The molecule has 0 aliphatic rings. The standard InChI is InChI=1S/C15H9ClF4O/c1-8-6-11(12(16)7-13(8)17)14(21)9-2-4-10(5-3-9)15(18,19)20/h2-7H,1H3. The van der Waals surface area contributed by atoms with Gasteiger partial charge < -0.3 is 0 Å². The van der Waals surface area contributed by atoms with Gasteiger partial charge in [0.15, 0.2) is 5.78 Å². The largest absolute Gasteiger partial charge is 0.416 e. The molecule has 0 spiro atoms. The molecule has 0 saturated heterocycles. The third-order valence-corrected chi connectivity index (χ3v) is 3.28. The van der Waals surface area contributed by atoms with E-state index in [1.54, 1.807) is 0 Å². The highest BCUT2D eigenvalue weighted by Crippen LogP contribution is 2.30. The highest BCUT2D eigenvalue weighted by Gasteiger charge is 2.30. The summed E-state index contributed by atoms with van der Waals surface area (Å²) < 4.78 is 50.7. The van der Waals surface area contributed by atoms with Gasteiger partial charge in [-0.2, -0.15) is 13.2 Å². The molecule has 2 aromatic rings. The summed E-state index contributed by atoms with van der Waals surface area (Å²) in [4.78, 5) is 12.2. The maximum atomic E-state index is 13.3. The number of carbonyl (C=O) groups excluding carboxylic acids is 1. The first-order valence-corrected chi connectivity index (χ1v) is 6.25. The molecule has 0 saturated carbocycles. The minimum Gasteiger partial charge on any atom is -0.289 e. The summed E-state index contributed by atoms with van der Waals surface area (Å²) in [5.74, 6) is -1.11.